The minimum absolute atomic E-state index is 0.519. The highest BCUT2D eigenvalue weighted by atomic mass is 16.7. The summed E-state index contributed by atoms with van der Waals surface area (Å²) in [5.41, 5.74) is 2.49. The van der Waals surface area contributed by atoms with Crippen LogP contribution in [0.4, 0.5) is 0 Å². The van der Waals surface area contributed by atoms with E-state index in [-0.39, 0.29) is 0 Å². The van der Waals surface area contributed by atoms with Crippen LogP contribution in [0.2, 0.25) is 0 Å². The summed E-state index contributed by atoms with van der Waals surface area (Å²) < 4.78 is 10.6. The summed E-state index contributed by atoms with van der Waals surface area (Å²) in [6, 6.07) is 8.40. The van der Waals surface area contributed by atoms with Crippen molar-refractivity contribution >= 4 is 0 Å². The monoisotopic (exact) mass is 194 g/mol. The maximum Gasteiger partial charge on any atom is 0.168 e. The van der Waals surface area contributed by atoms with Gasteiger partial charge < -0.3 is 9.47 Å². The van der Waals surface area contributed by atoms with Crippen molar-refractivity contribution in [3.63, 3.8) is 0 Å². The van der Waals surface area contributed by atoms with Gasteiger partial charge in [0.15, 0.2) is 5.79 Å². The zero-order chi connectivity index (χ0) is 10.6. The fourth-order valence-electron chi connectivity index (χ4n) is 1.30. The first-order chi connectivity index (χ1) is 6.59. The lowest BCUT2D eigenvalue weighted by atomic mass is 10.0. The molecule has 0 unspecified atom stereocenters. The molecule has 0 saturated carbocycles. The minimum Gasteiger partial charge on any atom is -0.353 e. The van der Waals surface area contributed by atoms with Gasteiger partial charge in [-0.15, -0.1) is 0 Å². The summed E-state index contributed by atoms with van der Waals surface area (Å²) in [5, 5.41) is 0. The van der Waals surface area contributed by atoms with Gasteiger partial charge in [0.05, 0.1) is 0 Å². The summed E-state index contributed by atoms with van der Waals surface area (Å²) in [6.45, 7) is 4.02. The van der Waals surface area contributed by atoms with Crippen molar-refractivity contribution in [3.8, 4) is 0 Å². The van der Waals surface area contributed by atoms with E-state index in [1.165, 1.54) is 11.1 Å². The van der Waals surface area contributed by atoms with Crippen LogP contribution >= 0.6 is 0 Å². The van der Waals surface area contributed by atoms with Gasteiger partial charge in [0.2, 0.25) is 0 Å². The first-order valence-electron chi connectivity index (χ1n) is 4.75. The molecule has 0 heterocycles. The minimum atomic E-state index is -0.519. The van der Waals surface area contributed by atoms with Crippen LogP contribution in [0.1, 0.15) is 18.1 Å². The first kappa shape index (κ1) is 11.2. The van der Waals surface area contributed by atoms with Gasteiger partial charge in [-0.1, -0.05) is 29.8 Å². The molecule has 0 aromatic heterocycles. The zero-order valence-electron chi connectivity index (χ0n) is 9.33. The van der Waals surface area contributed by atoms with Gasteiger partial charge in [-0.05, 0) is 19.4 Å². The molecule has 14 heavy (non-hydrogen) atoms. The second-order valence-electron chi connectivity index (χ2n) is 3.70. The van der Waals surface area contributed by atoms with E-state index in [0.29, 0.717) is 0 Å². The van der Waals surface area contributed by atoms with Crippen molar-refractivity contribution in [2.75, 3.05) is 14.2 Å². The van der Waals surface area contributed by atoms with E-state index in [9.17, 15) is 0 Å². The van der Waals surface area contributed by atoms with Crippen LogP contribution in [0, 0.1) is 6.92 Å². The summed E-state index contributed by atoms with van der Waals surface area (Å²) in [4.78, 5) is 0. The lowest BCUT2D eigenvalue weighted by molar-refractivity contribution is -0.191. The highest BCUT2D eigenvalue weighted by molar-refractivity contribution is 5.22. The number of aryl methyl sites for hydroxylation is 1. The van der Waals surface area contributed by atoms with Crippen molar-refractivity contribution in [2.45, 2.75) is 26.1 Å². The van der Waals surface area contributed by atoms with E-state index < -0.39 is 5.79 Å². The molecule has 0 atom stereocenters. The number of ether oxygens (including phenoxy) is 2. The van der Waals surface area contributed by atoms with E-state index in [2.05, 4.69) is 31.2 Å². The standard InChI is InChI=1S/C12H18O2/c1-10-5-7-11(8-6-10)9-12(2,13-3)14-4/h5-8H,9H2,1-4H3. The highest BCUT2D eigenvalue weighted by Gasteiger charge is 2.22. The van der Waals surface area contributed by atoms with Gasteiger partial charge in [-0.3, -0.25) is 0 Å². The molecule has 0 N–H and O–H groups in total. The Kier molecular flexibility index (Phi) is 3.67. The van der Waals surface area contributed by atoms with Crippen molar-refractivity contribution in [3.05, 3.63) is 35.4 Å². The number of hydrogen-bond acceptors (Lipinski definition) is 2. The Morgan fingerprint density at radius 1 is 1.07 bits per heavy atom. The normalized spacial score (nSPS) is 11.7. The maximum absolute atomic E-state index is 5.30. The third-order valence-corrected chi connectivity index (χ3v) is 2.51. The van der Waals surface area contributed by atoms with Gasteiger partial charge in [0.25, 0.3) is 0 Å². The predicted molar refractivity (Wildman–Crippen MR) is 57.3 cm³/mol. The summed E-state index contributed by atoms with van der Waals surface area (Å²) >= 11 is 0. The molecule has 0 aliphatic carbocycles. The molecule has 0 radical (unpaired) electrons. The lowest BCUT2D eigenvalue weighted by Gasteiger charge is -2.26. The van der Waals surface area contributed by atoms with Crippen molar-refractivity contribution < 1.29 is 9.47 Å². The number of benzene rings is 1. The van der Waals surface area contributed by atoms with E-state index in [4.69, 9.17) is 9.47 Å². The smallest absolute Gasteiger partial charge is 0.168 e. The van der Waals surface area contributed by atoms with Gasteiger partial charge in [0.1, 0.15) is 0 Å². The van der Waals surface area contributed by atoms with E-state index in [0.717, 1.165) is 6.42 Å². The van der Waals surface area contributed by atoms with Gasteiger partial charge in [-0.25, -0.2) is 0 Å². The van der Waals surface area contributed by atoms with Crippen LogP contribution < -0.4 is 0 Å². The molecular weight excluding hydrogens is 176 g/mol. The molecule has 0 spiro atoms. The summed E-state index contributed by atoms with van der Waals surface area (Å²) in [7, 11) is 3.33. The Morgan fingerprint density at radius 3 is 2.00 bits per heavy atom. The quantitative estimate of drug-likeness (QED) is 0.686. The topological polar surface area (TPSA) is 18.5 Å². The molecule has 0 saturated heterocycles. The summed E-state index contributed by atoms with van der Waals surface area (Å²) in [5.74, 6) is -0.519. The fraction of sp³-hybridized carbons (Fsp3) is 0.500. The molecule has 1 rings (SSSR count). The Hall–Kier alpha value is -0.860. The Bertz CT molecular complexity index is 273. The molecule has 0 bridgehead atoms. The van der Waals surface area contributed by atoms with Gasteiger partial charge in [0, 0.05) is 20.6 Å². The molecule has 2 heteroatoms. The number of methoxy groups -OCH3 is 2. The average Bonchev–Trinajstić information content (AvgIpc) is 2.21. The second-order valence-corrected chi connectivity index (χ2v) is 3.70. The van der Waals surface area contributed by atoms with Crippen LogP contribution in [0.25, 0.3) is 0 Å². The van der Waals surface area contributed by atoms with Gasteiger partial charge >= 0.3 is 0 Å². The van der Waals surface area contributed by atoms with E-state index in [1.807, 2.05) is 6.92 Å². The third-order valence-electron chi connectivity index (χ3n) is 2.51. The van der Waals surface area contributed by atoms with Crippen LogP contribution in [-0.2, 0) is 15.9 Å². The van der Waals surface area contributed by atoms with E-state index >= 15 is 0 Å². The SMILES string of the molecule is COC(C)(Cc1ccc(C)cc1)OC. The maximum atomic E-state index is 5.30. The molecule has 78 valence electrons. The largest absolute Gasteiger partial charge is 0.353 e. The van der Waals surface area contributed by atoms with Crippen molar-refractivity contribution in [1.82, 2.24) is 0 Å². The number of hydrogen-bond donors (Lipinski definition) is 0. The molecule has 0 amide bonds. The third kappa shape index (κ3) is 2.82. The average molecular weight is 194 g/mol. The Labute approximate surface area is 85.8 Å². The molecule has 2 nitrogen and oxygen atoms in total. The first-order valence-corrected chi connectivity index (χ1v) is 4.75. The zero-order valence-corrected chi connectivity index (χ0v) is 9.33. The highest BCUT2D eigenvalue weighted by Crippen LogP contribution is 2.17. The summed E-state index contributed by atoms with van der Waals surface area (Å²) in [6.07, 6.45) is 0.764. The van der Waals surface area contributed by atoms with Crippen molar-refractivity contribution in [2.24, 2.45) is 0 Å². The van der Waals surface area contributed by atoms with Crippen LogP contribution in [0.5, 0.6) is 0 Å². The molecule has 0 aliphatic heterocycles. The molecule has 1 aromatic carbocycles. The fourth-order valence-corrected chi connectivity index (χ4v) is 1.30. The molecule has 0 aliphatic rings. The van der Waals surface area contributed by atoms with Crippen molar-refractivity contribution in [1.29, 1.82) is 0 Å². The van der Waals surface area contributed by atoms with E-state index in [1.54, 1.807) is 14.2 Å². The predicted octanol–water partition coefficient (Wildman–Crippen LogP) is 2.55. The molecule has 1 aromatic rings. The second kappa shape index (κ2) is 4.58. The molecular formula is C12H18O2. The van der Waals surface area contributed by atoms with Crippen LogP contribution in [-0.4, -0.2) is 20.0 Å². The van der Waals surface area contributed by atoms with Gasteiger partial charge in [-0.2, -0.15) is 0 Å². The Morgan fingerprint density at radius 2 is 1.57 bits per heavy atom. The lowest BCUT2D eigenvalue weighted by Crippen LogP contribution is -2.32. The van der Waals surface area contributed by atoms with Crippen LogP contribution in [0.15, 0.2) is 24.3 Å². The molecule has 0 fully saturated rings. The van der Waals surface area contributed by atoms with Crippen LogP contribution in [0.3, 0.4) is 0 Å². The Balaban J connectivity index is 2.72. The number of rotatable bonds is 4.